The van der Waals surface area contributed by atoms with Crippen molar-refractivity contribution in [3.63, 3.8) is 0 Å². The third-order valence-electron chi connectivity index (χ3n) is 4.90. The molecule has 5 nitrogen and oxygen atoms in total. The van der Waals surface area contributed by atoms with E-state index in [2.05, 4.69) is 0 Å². The first-order chi connectivity index (χ1) is 12.7. The molecule has 0 saturated carbocycles. The van der Waals surface area contributed by atoms with Gasteiger partial charge in [0, 0.05) is 19.8 Å². The Labute approximate surface area is 154 Å². The predicted octanol–water partition coefficient (Wildman–Crippen LogP) is 3.37. The van der Waals surface area contributed by atoms with Crippen LogP contribution in [0.1, 0.15) is 24.0 Å². The summed E-state index contributed by atoms with van der Waals surface area (Å²) in [4.78, 5) is 14.6. The zero-order valence-electron chi connectivity index (χ0n) is 14.8. The average molecular weight is 355 g/mol. The molecule has 26 heavy (non-hydrogen) atoms. The quantitative estimate of drug-likeness (QED) is 0.863. The van der Waals surface area contributed by atoms with Gasteiger partial charge >= 0.3 is 6.09 Å². The van der Waals surface area contributed by atoms with Crippen molar-refractivity contribution in [2.75, 3.05) is 19.8 Å². The van der Waals surface area contributed by atoms with Crippen LogP contribution >= 0.6 is 0 Å². The molecule has 138 valence electrons. The monoisotopic (exact) mass is 355 g/mol. The van der Waals surface area contributed by atoms with Crippen LogP contribution in [0.15, 0.2) is 60.7 Å². The molecule has 1 heterocycles. The Balaban J connectivity index is 1.78. The maximum atomic E-state index is 12.9. The van der Waals surface area contributed by atoms with Gasteiger partial charge < -0.3 is 14.6 Å². The van der Waals surface area contributed by atoms with Crippen LogP contribution < -0.4 is 0 Å². The SMILES string of the molecule is O=C(OCc1ccccc1)N(Cc1ccccc1)C1(CO)CCOCC1. The minimum absolute atomic E-state index is 0.108. The highest BCUT2D eigenvalue weighted by atomic mass is 16.6. The fourth-order valence-electron chi connectivity index (χ4n) is 3.25. The van der Waals surface area contributed by atoms with Crippen LogP contribution in [0.25, 0.3) is 0 Å². The Morgan fingerprint density at radius 3 is 2.15 bits per heavy atom. The van der Waals surface area contributed by atoms with Crippen molar-refractivity contribution >= 4 is 6.09 Å². The summed E-state index contributed by atoms with van der Waals surface area (Å²) >= 11 is 0. The number of aliphatic hydroxyl groups is 1. The van der Waals surface area contributed by atoms with Gasteiger partial charge in [-0.2, -0.15) is 0 Å². The van der Waals surface area contributed by atoms with Gasteiger partial charge in [-0.15, -0.1) is 0 Å². The second-order valence-electron chi connectivity index (χ2n) is 6.61. The van der Waals surface area contributed by atoms with Gasteiger partial charge in [-0.1, -0.05) is 60.7 Å². The third kappa shape index (κ3) is 4.42. The maximum absolute atomic E-state index is 12.9. The summed E-state index contributed by atoms with van der Waals surface area (Å²) in [7, 11) is 0. The molecule has 2 aromatic carbocycles. The van der Waals surface area contributed by atoms with Gasteiger partial charge in [0.2, 0.25) is 0 Å². The van der Waals surface area contributed by atoms with Crippen LogP contribution in [-0.2, 0) is 22.6 Å². The molecule has 1 saturated heterocycles. The molecule has 3 rings (SSSR count). The van der Waals surface area contributed by atoms with E-state index in [4.69, 9.17) is 9.47 Å². The van der Waals surface area contributed by atoms with Gasteiger partial charge in [-0.05, 0) is 24.0 Å². The molecule has 0 radical (unpaired) electrons. The Bertz CT molecular complexity index is 684. The van der Waals surface area contributed by atoms with Crippen molar-refractivity contribution in [2.24, 2.45) is 0 Å². The molecule has 2 aromatic rings. The van der Waals surface area contributed by atoms with E-state index < -0.39 is 11.6 Å². The topological polar surface area (TPSA) is 59.0 Å². The van der Waals surface area contributed by atoms with Crippen molar-refractivity contribution in [1.29, 1.82) is 0 Å². The van der Waals surface area contributed by atoms with E-state index in [1.165, 1.54) is 0 Å². The number of hydrogen-bond donors (Lipinski definition) is 1. The van der Waals surface area contributed by atoms with Gasteiger partial charge in [0.15, 0.2) is 0 Å². The molecule has 5 heteroatoms. The van der Waals surface area contributed by atoms with Crippen LogP contribution in [0.2, 0.25) is 0 Å². The van der Waals surface area contributed by atoms with Crippen LogP contribution in [0.3, 0.4) is 0 Å². The fraction of sp³-hybridized carbons (Fsp3) is 0.381. The number of rotatable bonds is 6. The second-order valence-corrected chi connectivity index (χ2v) is 6.61. The summed E-state index contributed by atoms with van der Waals surface area (Å²) in [6, 6.07) is 19.4. The molecule has 1 fully saturated rings. The summed E-state index contributed by atoms with van der Waals surface area (Å²) in [5.41, 5.74) is 1.29. The molecule has 0 aromatic heterocycles. The average Bonchev–Trinajstić information content (AvgIpc) is 2.72. The molecule has 1 aliphatic heterocycles. The highest BCUT2D eigenvalue weighted by molar-refractivity contribution is 5.69. The van der Waals surface area contributed by atoms with Crippen LogP contribution in [0.5, 0.6) is 0 Å². The van der Waals surface area contributed by atoms with Gasteiger partial charge in [0.05, 0.1) is 12.1 Å². The number of nitrogens with zero attached hydrogens (tertiary/aromatic N) is 1. The molecule has 0 spiro atoms. The van der Waals surface area contributed by atoms with E-state index in [1.54, 1.807) is 4.90 Å². The molecule has 0 aliphatic carbocycles. The zero-order chi connectivity index (χ0) is 18.2. The number of aliphatic hydroxyl groups excluding tert-OH is 1. The van der Waals surface area contributed by atoms with Crippen LogP contribution in [-0.4, -0.2) is 41.5 Å². The van der Waals surface area contributed by atoms with Crippen LogP contribution in [0.4, 0.5) is 4.79 Å². The fourth-order valence-corrected chi connectivity index (χ4v) is 3.25. The summed E-state index contributed by atoms with van der Waals surface area (Å²) in [5, 5.41) is 10.1. The smallest absolute Gasteiger partial charge is 0.410 e. The number of hydrogen-bond acceptors (Lipinski definition) is 4. The normalized spacial score (nSPS) is 16.0. The Kier molecular flexibility index (Phi) is 6.26. The first kappa shape index (κ1) is 18.4. The van der Waals surface area contributed by atoms with E-state index in [0.717, 1.165) is 11.1 Å². The maximum Gasteiger partial charge on any atom is 0.410 e. The Morgan fingerprint density at radius 1 is 1.00 bits per heavy atom. The summed E-state index contributed by atoms with van der Waals surface area (Å²) in [5.74, 6) is 0. The lowest BCUT2D eigenvalue weighted by Crippen LogP contribution is -2.56. The highest BCUT2D eigenvalue weighted by Gasteiger charge is 2.41. The molecule has 0 bridgehead atoms. The number of carbonyl (C=O) groups is 1. The summed E-state index contributed by atoms with van der Waals surface area (Å²) < 4.78 is 11.0. The predicted molar refractivity (Wildman–Crippen MR) is 98.5 cm³/mol. The van der Waals surface area contributed by atoms with Gasteiger partial charge in [0.25, 0.3) is 0 Å². The molecule has 1 amide bonds. The van der Waals surface area contributed by atoms with Gasteiger partial charge in [0.1, 0.15) is 6.61 Å². The number of ether oxygens (including phenoxy) is 2. The molecule has 1 N–H and O–H groups in total. The molecule has 1 aliphatic rings. The third-order valence-corrected chi connectivity index (χ3v) is 4.90. The van der Waals surface area contributed by atoms with Crippen molar-refractivity contribution in [3.05, 3.63) is 71.8 Å². The first-order valence-electron chi connectivity index (χ1n) is 8.94. The van der Waals surface area contributed by atoms with E-state index in [1.807, 2.05) is 60.7 Å². The minimum Gasteiger partial charge on any atom is -0.445 e. The van der Waals surface area contributed by atoms with Crippen molar-refractivity contribution < 1.29 is 19.4 Å². The molecule has 0 atom stereocenters. The second kappa shape index (κ2) is 8.83. The van der Waals surface area contributed by atoms with E-state index in [-0.39, 0.29) is 13.2 Å². The number of carbonyl (C=O) groups excluding carboxylic acids is 1. The number of benzene rings is 2. The van der Waals surface area contributed by atoms with Gasteiger partial charge in [-0.25, -0.2) is 4.79 Å². The molecule has 0 unspecified atom stereocenters. The summed E-state index contributed by atoms with van der Waals surface area (Å²) in [6.07, 6.45) is 0.779. The first-order valence-corrected chi connectivity index (χ1v) is 8.94. The lowest BCUT2D eigenvalue weighted by Gasteiger charge is -2.44. The Hall–Kier alpha value is -2.37. The minimum atomic E-state index is -0.651. The largest absolute Gasteiger partial charge is 0.445 e. The van der Waals surface area contributed by atoms with E-state index >= 15 is 0 Å². The van der Waals surface area contributed by atoms with Crippen LogP contribution in [0, 0.1) is 0 Å². The zero-order valence-corrected chi connectivity index (χ0v) is 14.8. The van der Waals surface area contributed by atoms with E-state index in [9.17, 15) is 9.90 Å². The lowest BCUT2D eigenvalue weighted by molar-refractivity contribution is -0.0561. The highest BCUT2D eigenvalue weighted by Crippen LogP contribution is 2.30. The Morgan fingerprint density at radius 2 is 1.58 bits per heavy atom. The van der Waals surface area contributed by atoms with Crippen molar-refractivity contribution in [1.82, 2.24) is 4.90 Å². The molecular weight excluding hydrogens is 330 g/mol. The van der Waals surface area contributed by atoms with Gasteiger partial charge in [-0.3, -0.25) is 4.90 Å². The van der Waals surface area contributed by atoms with Crippen molar-refractivity contribution in [2.45, 2.75) is 31.5 Å². The lowest BCUT2D eigenvalue weighted by atomic mass is 9.88. The van der Waals surface area contributed by atoms with Crippen molar-refractivity contribution in [3.8, 4) is 0 Å². The number of amides is 1. The standard InChI is InChI=1S/C21H25NO4/c23-17-21(11-13-25-14-12-21)22(15-18-7-3-1-4-8-18)20(24)26-16-19-9-5-2-6-10-19/h1-10,23H,11-17H2. The summed E-state index contributed by atoms with van der Waals surface area (Å²) in [6.45, 7) is 1.55. The van der Waals surface area contributed by atoms with E-state index in [0.29, 0.717) is 32.6 Å². The molecular formula is C21H25NO4.